The number of sulfone groups is 1. The summed E-state index contributed by atoms with van der Waals surface area (Å²) < 4.78 is 27.8. The molecule has 0 aliphatic rings. The van der Waals surface area contributed by atoms with Crippen molar-refractivity contribution >= 4 is 21.4 Å². The van der Waals surface area contributed by atoms with Gasteiger partial charge in [-0.2, -0.15) is 0 Å². The van der Waals surface area contributed by atoms with E-state index in [9.17, 15) is 8.42 Å². The molecule has 1 heterocycles. The summed E-state index contributed by atoms with van der Waals surface area (Å²) in [5.41, 5.74) is 0.785. The van der Waals surface area contributed by atoms with Crippen molar-refractivity contribution in [2.45, 2.75) is 19.2 Å². The first kappa shape index (κ1) is 14.3. The first-order chi connectivity index (χ1) is 8.07. The fraction of sp³-hybridized carbons (Fsp3) is 0.545. The fourth-order valence-corrected chi connectivity index (χ4v) is 2.19. The predicted molar refractivity (Wildman–Crippen MR) is 68.2 cm³/mol. The number of aromatic nitrogens is 1. The Labute approximate surface area is 107 Å². The summed E-state index contributed by atoms with van der Waals surface area (Å²) >= 11 is 5.60. The van der Waals surface area contributed by atoms with Crippen molar-refractivity contribution in [3.05, 3.63) is 24.0 Å². The third kappa shape index (κ3) is 5.37. The standard InChI is InChI=1S/C11H16ClNO3S/c1-2-17(14,15)7-3-6-16-11-5-4-10(8-12)13-9-11/h4-5,9H,2-3,6-8H2,1H3. The van der Waals surface area contributed by atoms with Crippen LogP contribution in [0.1, 0.15) is 19.0 Å². The Morgan fingerprint density at radius 3 is 2.71 bits per heavy atom. The molecule has 0 aromatic carbocycles. The van der Waals surface area contributed by atoms with Crippen LogP contribution in [0.4, 0.5) is 0 Å². The van der Waals surface area contributed by atoms with Crippen LogP contribution >= 0.6 is 11.6 Å². The first-order valence-electron chi connectivity index (χ1n) is 5.41. The van der Waals surface area contributed by atoms with Crippen molar-refractivity contribution in [3.63, 3.8) is 0 Å². The Morgan fingerprint density at radius 2 is 2.18 bits per heavy atom. The summed E-state index contributed by atoms with van der Waals surface area (Å²) in [6, 6.07) is 3.56. The molecule has 0 unspecified atom stereocenters. The lowest BCUT2D eigenvalue weighted by Crippen LogP contribution is -2.11. The number of hydrogen-bond acceptors (Lipinski definition) is 4. The normalized spacial score (nSPS) is 11.4. The van der Waals surface area contributed by atoms with E-state index in [-0.39, 0.29) is 11.5 Å². The van der Waals surface area contributed by atoms with Gasteiger partial charge in [0.05, 0.1) is 30.1 Å². The molecule has 0 aliphatic heterocycles. The smallest absolute Gasteiger partial charge is 0.150 e. The molecule has 0 bridgehead atoms. The molecule has 1 aromatic heterocycles. The van der Waals surface area contributed by atoms with Crippen LogP contribution in [0.15, 0.2) is 18.3 Å². The van der Waals surface area contributed by atoms with E-state index in [1.54, 1.807) is 25.3 Å². The number of hydrogen-bond donors (Lipinski definition) is 0. The highest BCUT2D eigenvalue weighted by atomic mass is 35.5. The maximum atomic E-state index is 11.2. The minimum atomic E-state index is -2.90. The van der Waals surface area contributed by atoms with Gasteiger partial charge in [-0.05, 0) is 18.6 Å². The van der Waals surface area contributed by atoms with Gasteiger partial charge in [-0.15, -0.1) is 11.6 Å². The lowest BCUT2D eigenvalue weighted by Gasteiger charge is -2.06. The Balaban J connectivity index is 2.31. The molecule has 0 saturated carbocycles. The summed E-state index contributed by atoms with van der Waals surface area (Å²) in [5, 5.41) is 0. The Bertz CT molecular complexity index is 431. The molecule has 0 fully saturated rings. The van der Waals surface area contributed by atoms with E-state index in [4.69, 9.17) is 16.3 Å². The summed E-state index contributed by atoms with van der Waals surface area (Å²) in [6.45, 7) is 2.02. The quantitative estimate of drug-likeness (QED) is 0.565. The second kappa shape index (κ2) is 6.81. The second-order valence-corrected chi connectivity index (χ2v) is 6.30. The monoisotopic (exact) mass is 277 g/mol. The van der Waals surface area contributed by atoms with Gasteiger partial charge < -0.3 is 4.74 Å². The van der Waals surface area contributed by atoms with Crippen LogP contribution in [-0.4, -0.2) is 31.5 Å². The minimum absolute atomic E-state index is 0.163. The number of rotatable bonds is 7. The summed E-state index contributed by atoms with van der Waals surface area (Å²) in [4.78, 5) is 4.07. The molecule has 0 amide bonds. The summed E-state index contributed by atoms with van der Waals surface area (Å²) in [7, 11) is -2.90. The summed E-state index contributed by atoms with van der Waals surface area (Å²) in [6.07, 6.45) is 2.08. The van der Waals surface area contributed by atoms with Crippen LogP contribution in [0.3, 0.4) is 0 Å². The van der Waals surface area contributed by atoms with Crippen molar-refractivity contribution in [1.82, 2.24) is 4.98 Å². The van der Waals surface area contributed by atoms with Crippen LogP contribution in [0.25, 0.3) is 0 Å². The molecular weight excluding hydrogens is 262 g/mol. The Kier molecular flexibility index (Phi) is 5.71. The topological polar surface area (TPSA) is 56.3 Å². The highest BCUT2D eigenvalue weighted by molar-refractivity contribution is 7.91. The maximum Gasteiger partial charge on any atom is 0.150 e. The average molecular weight is 278 g/mol. The number of halogens is 1. The molecule has 0 spiro atoms. The molecule has 6 heteroatoms. The molecule has 1 aromatic rings. The van der Waals surface area contributed by atoms with Crippen molar-refractivity contribution in [2.24, 2.45) is 0 Å². The Hall–Kier alpha value is -0.810. The van der Waals surface area contributed by atoms with Crippen molar-refractivity contribution in [3.8, 4) is 5.75 Å². The maximum absolute atomic E-state index is 11.2. The van der Waals surface area contributed by atoms with E-state index in [2.05, 4.69) is 4.98 Å². The molecule has 0 atom stereocenters. The molecule has 0 radical (unpaired) electrons. The molecule has 4 nitrogen and oxygen atoms in total. The molecule has 0 aliphatic carbocycles. The average Bonchev–Trinajstić information content (AvgIpc) is 2.35. The number of ether oxygens (including phenoxy) is 1. The van der Waals surface area contributed by atoms with Crippen LogP contribution in [0.2, 0.25) is 0 Å². The largest absolute Gasteiger partial charge is 0.492 e. The molecule has 17 heavy (non-hydrogen) atoms. The molecule has 96 valence electrons. The van der Waals surface area contributed by atoms with E-state index in [0.29, 0.717) is 24.7 Å². The second-order valence-electron chi connectivity index (χ2n) is 3.56. The first-order valence-corrected chi connectivity index (χ1v) is 7.77. The number of pyridine rings is 1. The minimum Gasteiger partial charge on any atom is -0.492 e. The SMILES string of the molecule is CCS(=O)(=O)CCCOc1ccc(CCl)nc1. The number of alkyl halides is 1. The van der Waals surface area contributed by atoms with E-state index in [1.807, 2.05) is 0 Å². The van der Waals surface area contributed by atoms with Crippen molar-refractivity contribution in [2.75, 3.05) is 18.1 Å². The van der Waals surface area contributed by atoms with E-state index in [0.717, 1.165) is 5.69 Å². The highest BCUT2D eigenvalue weighted by Crippen LogP contribution is 2.10. The van der Waals surface area contributed by atoms with Crippen LogP contribution in [-0.2, 0) is 15.7 Å². The zero-order valence-electron chi connectivity index (χ0n) is 9.73. The lowest BCUT2D eigenvalue weighted by molar-refractivity contribution is 0.316. The van der Waals surface area contributed by atoms with Gasteiger partial charge >= 0.3 is 0 Å². The molecular formula is C11H16ClNO3S. The van der Waals surface area contributed by atoms with E-state index in [1.165, 1.54) is 0 Å². The van der Waals surface area contributed by atoms with Gasteiger partial charge in [-0.3, -0.25) is 4.98 Å². The molecule has 1 rings (SSSR count). The fourth-order valence-electron chi connectivity index (χ4n) is 1.19. The lowest BCUT2D eigenvalue weighted by atomic mass is 10.4. The van der Waals surface area contributed by atoms with E-state index < -0.39 is 9.84 Å². The zero-order valence-corrected chi connectivity index (χ0v) is 11.3. The van der Waals surface area contributed by atoms with Gasteiger partial charge in [-0.1, -0.05) is 6.92 Å². The molecule has 0 saturated heterocycles. The van der Waals surface area contributed by atoms with Gasteiger partial charge in [-0.25, -0.2) is 8.42 Å². The predicted octanol–water partition coefficient (Wildman–Crippen LogP) is 2.02. The van der Waals surface area contributed by atoms with Crippen molar-refractivity contribution < 1.29 is 13.2 Å². The van der Waals surface area contributed by atoms with E-state index >= 15 is 0 Å². The van der Waals surface area contributed by atoms with Gasteiger partial charge in [0.2, 0.25) is 0 Å². The van der Waals surface area contributed by atoms with Crippen LogP contribution in [0.5, 0.6) is 5.75 Å². The highest BCUT2D eigenvalue weighted by Gasteiger charge is 2.06. The van der Waals surface area contributed by atoms with Crippen molar-refractivity contribution in [1.29, 1.82) is 0 Å². The number of nitrogens with zero attached hydrogens (tertiary/aromatic N) is 1. The van der Waals surface area contributed by atoms with Gasteiger partial charge in [0, 0.05) is 5.75 Å². The zero-order chi connectivity index (χ0) is 12.7. The Morgan fingerprint density at radius 1 is 1.41 bits per heavy atom. The molecule has 0 N–H and O–H groups in total. The third-order valence-corrected chi connectivity index (χ3v) is 4.31. The van der Waals surface area contributed by atoms with Gasteiger partial charge in [0.15, 0.2) is 0 Å². The van der Waals surface area contributed by atoms with Crippen LogP contribution < -0.4 is 4.74 Å². The summed E-state index contributed by atoms with van der Waals surface area (Å²) in [5.74, 6) is 1.35. The van der Waals surface area contributed by atoms with Gasteiger partial charge in [0.1, 0.15) is 15.6 Å². The van der Waals surface area contributed by atoms with Gasteiger partial charge in [0.25, 0.3) is 0 Å². The van der Waals surface area contributed by atoms with Crippen LogP contribution in [0, 0.1) is 0 Å². The third-order valence-electron chi connectivity index (χ3n) is 2.24.